The maximum Gasteiger partial charge on any atom is 0.337 e. The van der Waals surface area contributed by atoms with Crippen LogP contribution in [-0.2, 0) is 6.42 Å². The third-order valence-corrected chi connectivity index (χ3v) is 4.60. The van der Waals surface area contributed by atoms with Gasteiger partial charge in [0.15, 0.2) is 0 Å². The molecular weight excluding hydrogens is 326 g/mol. The average Bonchev–Trinajstić information content (AvgIpc) is 2.66. The summed E-state index contributed by atoms with van der Waals surface area (Å²) in [6, 6.07) is 17.2. The lowest BCUT2D eigenvalue weighted by Gasteiger charge is -2.21. The Morgan fingerprint density at radius 3 is 2.65 bits per heavy atom. The van der Waals surface area contributed by atoms with Gasteiger partial charge in [-0.1, -0.05) is 36.4 Å². The van der Waals surface area contributed by atoms with E-state index in [1.807, 2.05) is 30.3 Å². The molecule has 0 amide bonds. The number of carboxylic acid groups (broad SMARTS) is 1. The first kappa shape index (κ1) is 16.1. The van der Waals surface area contributed by atoms with Gasteiger partial charge in [-0.05, 0) is 52.9 Å². The van der Waals surface area contributed by atoms with Crippen molar-refractivity contribution in [3.63, 3.8) is 0 Å². The molecule has 2 aromatic carbocycles. The fourth-order valence-electron chi connectivity index (χ4n) is 3.21. The monoisotopic (exact) mass is 343 g/mol. The van der Waals surface area contributed by atoms with Gasteiger partial charge < -0.3 is 9.84 Å². The smallest absolute Gasteiger partial charge is 0.337 e. The van der Waals surface area contributed by atoms with Crippen LogP contribution < -0.4 is 4.74 Å². The van der Waals surface area contributed by atoms with E-state index in [0.29, 0.717) is 5.69 Å². The van der Waals surface area contributed by atoms with Crippen molar-refractivity contribution in [2.45, 2.75) is 6.42 Å². The molecule has 0 fully saturated rings. The minimum atomic E-state index is -0.970. The Bertz CT molecular complexity index is 1020. The molecule has 1 aliphatic carbocycles. The highest BCUT2D eigenvalue weighted by molar-refractivity contribution is 5.97. The van der Waals surface area contributed by atoms with Crippen LogP contribution in [0.5, 0.6) is 5.75 Å². The van der Waals surface area contributed by atoms with Crippen LogP contribution in [0.4, 0.5) is 0 Å². The summed E-state index contributed by atoms with van der Waals surface area (Å²) in [5.74, 6) is -0.108. The molecule has 0 radical (unpaired) electrons. The van der Waals surface area contributed by atoms with Crippen LogP contribution >= 0.6 is 0 Å². The summed E-state index contributed by atoms with van der Waals surface area (Å²) in [5, 5.41) is 9.32. The van der Waals surface area contributed by atoms with Gasteiger partial charge in [-0.2, -0.15) is 0 Å². The topological polar surface area (TPSA) is 59.4 Å². The molecule has 1 N–H and O–H groups in total. The number of pyridine rings is 1. The first-order valence-electron chi connectivity index (χ1n) is 8.32. The van der Waals surface area contributed by atoms with Crippen LogP contribution in [0.15, 0.2) is 60.8 Å². The Morgan fingerprint density at radius 1 is 1.12 bits per heavy atom. The van der Waals surface area contributed by atoms with Gasteiger partial charge in [0.2, 0.25) is 0 Å². The van der Waals surface area contributed by atoms with Gasteiger partial charge in [-0.15, -0.1) is 0 Å². The minimum Gasteiger partial charge on any atom is -0.497 e. The standard InChI is InChI=1S/C22H17NO3/c1-26-18-9-8-16-12-17(20(16)13-18)11-14-4-6-15(7-5-14)21-19(22(24)25)3-2-10-23-21/h2-10,12-13H,11H2,1H3,(H,24,25). The van der Waals surface area contributed by atoms with E-state index in [1.165, 1.54) is 22.3 Å². The first-order chi connectivity index (χ1) is 12.7. The van der Waals surface area contributed by atoms with Crippen LogP contribution in [0.1, 0.15) is 27.0 Å². The van der Waals surface area contributed by atoms with Crippen LogP contribution in [-0.4, -0.2) is 23.2 Å². The van der Waals surface area contributed by atoms with E-state index >= 15 is 0 Å². The van der Waals surface area contributed by atoms with Gasteiger partial charge in [-0.3, -0.25) is 4.98 Å². The zero-order chi connectivity index (χ0) is 18.1. The molecule has 1 heterocycles. The van der Waals surface area contributed by atoms with Crippen molar-refractivity contribution in [1.82, 2.24) is 4.98 Å². The predicted molar refractivity (Wildman–Crippen MR) is 101 cm³/mol. The molecule has 4 heteroatoms. The Labute approximate surface area is 151 Å². The highest BCUT2D eigenvalue weighted by Crippen LogP contribution is 2.37. The number of aromatic nitrogens is 1. The molecule has 0 atom stereocenters. The average molecular weight is 343 g/mol. The number of rotatable bonds is 5. The normalized spacial score (nSPS) is 12.0. The number of ether oxygens (including phenoxy) is 1. The fraction of sp³-hybridized carbons (Fsp3) is 0.0909. The van der Waals surface area contributed by atoms with Gasteiger partial charge in [0.05, 0.1) is 18.4 Å². The maximum atomic E-state index is 11.4. The molecule has 3 aromatic rings. The van der Waals surface area contributed by atoms with E-state index in [4.69, 9.17) is 4.74 Å². The Morgan fingerprint density at radius 2 is 1.92 bits per heavy atom. The highest BCUT2D eigenvalue weighted by atomic mass is 16.5. The second-order valence-corrected chi connectivity index (χ2v) is 6.20. The van der Waals surface area contributed by atoms with Crippen molar-refractivity contribution in [3.05, 3.63) is 83.0 Å². The summed E-state index contributed by atoms with van der Waals surface area (Å²) in [6.45, 7) is 0. The SMILES string of the molecule is COc1ccc2c(c1)C(Cc1ccc(-c3ncccc3C(=O)O)cc1)=C2. The van der Waals surface area contributed by atoms with Crippen molar-refractivity contribution < 1.29 is 14.6 Å². The van der Waals surface area contributed by atoms with Crippen LogP contribution in [0.2, 0.25) is 0 Å². The predicted octanol–water partition coefficient (Wildman–Crippen LogP) is 4.55. The zero-order valence-corrected chi connectivity index (χ0v) is 14.3. The number of hydrogen-bond donors (Lipinski definition) is 1. The summed E-state index contributed by atoms with van der Waals surface area (Å²) in [7, 11) is 1.67. The molecule has 1 aliphatic rings. The number of benzene rings is 2. The molecule has 0 saturated carbocycles. The molecule has 0 saturated heterocycles. The summed E-state index contributed by atoms with van der Waals surface area (Å²) in [5.41, 5.74) is 6.41. The molecule has 4 nitrogen and oxygen atoms in total. The number of fused-ring (bicyclic) bond motifs is 1. The third-order valence-electron chi connectivity index (χ3n) is 4.60. The number of aromatic carboxylic acids is 1. The van der Waals surface area contributed by atoms with E-state index in [0.717, 1.165) is 17.7 Å². The molecular formula is C22H17NO3. The molecule has 0 bridgehead atoms. The fourth-order valence-corrected chi connectivity index (χ4v) is 3.21. The lowest BCUT2D eigenvalue weighted by Crippen LogP contribution is -2.03. The van der Waals surface area contributed by atoms with E-state index in [2.05, 4.69) is 23.2 Å². The Kier molecular flexibility index (Phi) is 4.01. The van der Waals surface area contributed by atoms with Crippen molar-refractivity contribution in [2.24, 2.45) is 0 Å². The van der Waals surface area contributed by atoms with Gasteiger partial charge in [0.1, 0.15) is 5.75 Å². The third kappa shape index (κ3) is 2.86. The molecule has 1 aromatic heterocycles. The summed E-state index contributed by atoms with van der Waals surface area (Å²) < 4.78 is 5.30. The van der Waals surface area contributed by atoms with Crippen molar-refractivity contribution in [3.8, 4) is 17.0 Å². The second kappa shape index (κ2) is 6.48. The Balaban J connectivity index is 1.55. The van der Waals surface area contributed by atoms with Gasteiger partial charge in [-0.25, -0.2) is 4.79 Å². The van der Waals surface area contributed by atoms with Crippen molar-refractivity contribution >= 4 is 17.6 Å². The highest BCUT2D eigenvalue weighted by Gasteiger charge is 2.17. The molecule has 0 spiro atoms. The number of carbonyl (C=O) groups is 1. The summed E-state index contributed by atoms with van der Waals surface area (Å²) >= 11 is 0. The van der Waals surface area contributed by atoms with Crippen molar-refractivity contribution in [2.75, 3.05) is 7.11 Å². The maximum absolute atomic E-state index is 11.4. The number of nitrogens with zero attached hydrogens (tertiary/aromatic N) is 1. The lowest BCUT2D eigenvalue weighted by atomic mass is 9.84. The summed E-state index contributed by atoms with van der Waals surface area (Å²) in [4.78, 5) is 15.6. The van der Waals surface area contributed by atoms with E-state index in [1.54, 1.807) is 25.4 Å². The van der Waals surface area contributed by atoms with Crippen LogP contribution in [0, 0.1) is 0 Å². The molecule has 26 heavy (non-hydrogen) atoms. The lowest BCUT2D eigenvalue weighted by molar-refractivity contribution is 0.0697. The number of carboxylic acids is 1. The second-order valence-electron chi connectivity index (χ2n) is 6.20. The largest absolute Gasteiger partial charge is 0.497 e. The minimum absolute atomic E-state index is 0.211. The number of methoxy groups -OCH3 is 1. The summed E-state index contributed by atoms with van der Waals surface area (Å²) in [6.07, 6.45) is 4.62. The van der Waals surface area contributed by atoms with Gasteiger partial charge >= 0.3 is 5.97 Å². The quantitative estimate of drug-likeness (QED) is 0.738. The molecule has 128 valence electrons. The number of hydrogen-bond acceptors (Lipinski definition) is 3. The van der Waals surface area contributed by atoms with E-state index < -0.39 is 5.97 Å². The molecule has 0 aliphatic heterocycles. The van der Waals surface area contributed by atoms with E-state index in [-0.39, 0.29) is 5.56 Å². The number of allylic oxidation sites excluding steroid dienone is 1. The van der Waals surface area contributed by atoms with Crippen LogP contribution in [0.25, 0.3) is 22.9 Å². The zero-order valence-electron chi connectivity index (χ0n) is 14.3. The Hall–Kier alpha value is -3.40. The molecule has 0 unspecified atom stereocenters. The first-order valence-corrected chi connectivity index (χ1v) is 8.32. The van der Waals surface area contributed by atoms with Crippen LogP contribution in [0.3, 0.4) is 0 Å². The van der Waals surface area contributed by atoms with Crippen molar-refractivity contribution in [1.29, 1.82) is 0 Å². The van der Waals surface area contributed by atoms with Gasteiger partial charge in [0, 0.05) is 11.8 Å². The molecule has 4 rings (SSSR count). The van der Waals surface area contributed by atoms with E-state index in [9.17, 15) is 9.90 Å². The van der Waals surface area contributed by atoms with Gasteiger partial charge in [0.25, 0.3) is 0 Å².